The van der Waals surface area contributed by atoms with Gasteiger partial charge in [-0.05, 0) is 66.2 Å². The summed E-state index contributed by atoms with van der Waals surface area (Å²) in [6.07, 6.45) is 4.00. The first-order chi connectivity index (χ1) is 18.6. The van der Waals surface area contributed by atoms with E-state index in [1.165, 1.54) is 65.7 Å². The van der Waals surface area contributed by atoms with E-state index >= 15 is 0 Å². The normalized spacial score (nSPS) is 13.8. The smallest absolute Gasteiger partial charge is 0.0397 e. The molecule has 0 aliphatic heterocycles. The van der Waals surface area contributed by atoms with E-state index in [1.807, 2.05) is 12.4 Å². The van der Waals surface area contributed by atoms with Gasteiger partial charge in [-0.2, -0.15) is 0 Å². The zero-order valence-corrected chi connectivity index (χ0v) is 21.4. The topological polar surface area (TPSA) is 38.9 Å². The lowest BCUT2D eigenvalue weighted by Crippen LogP contribution is -2.24. The van der Waals surface area contributed by atoms with Crippen molar-refractivity contribution >= 4 is 48.8 Å². The number of nitrogens with two attached hydrogens (primary N) is 1. The second kappa shape index (κ2) is 7.43. The van der Waals surface area contributed by atoms with Crippen LogP contribution in [0.25, 0.3) is 65.3 Å². The summed E-state index contributed by atoms with van der Waals surface area (Å²) in [6, 6.07) is 35.1. The molecule has 1 aliphatic carbocycles. The highest BCUT2D eigenvalue weighted by atomic mass is 14.6. The predicted molar refractivity (Wildman–Crippen MR) is 162 cm³/mol. The van der Waals surface area contributed by atoms with Crippen LogP contribution in [0.1, 0.15) is 25.0 Å². The van der Waals surface area contributed by atoms with Crippen LogP contribution in [0.15, 0.2) is 109 Å². The molecule has 6 aromatic carbocycles. The van der Waals surface area contributed by atoms with Gasteiger partial charge in [0.15, 0.2) is 0 Å². The molecule has 0 fully saturated rings. The minimum Gasteiger partial charge on any atom is -0.398 e. The van der Waals surface area contributed by atoms with E-state index in [-0.39, 0.29) is 5.41 Å². The predicted octanol–water partition coefficient (Wildman–Crippen LogP) is 9.25. The van der Waals surface area contributed by atoms with E-state index in [0.29, 0.717) is 0 Å². The van der Waals surface area contributed by atoms with E-state index in [4.69, 9.17) is 5.73 Å². The third-order valence-electron chi connectivity index (χ3n) is 8.66. The molecule has 38 heavy (non-hydrogen) atoms. The zero-order valence-electron chi connectivity index (χ0n) is 21.4. The molecular weight excluding hydrogens is 460 g/mol. The van der Waals surface area contributed by atoms with Crippen LogP contribution in [0.4, 0.5) is 5.69 Å². The molecule has 0 spiro atoms. The number of anilines is 1. The Morgan fingerprint density at radius 2 is 1.16 bits per heavy atom. The number of aromatic nitrogens is 1. The molecule has 0 atom stereocenters. The maximum absolute atomic E-state index is 6.68. The highest BCUT2D eigenvalue weighted by Gasteiger charge is 2.36. The maximum Gasteiger partial charge on any atom is 0.0397 e. The fourth-order valence-corrected chi connectivity index (χ4v) is 6.93. The number of hydrogen-bond acceptors (Lipinski definition) is 2. The second-order valence-corrected chi connectivity index (χ2v) is 11.0. The van der Waals surface area contributed by atoms with Crippen LogP contribution in [0.2, 0.25) is 0 Å². The zero-order chi connectivity index (χ0) is 25.6. The van der Waals surface area contributed by atoms with Gasteiger partial charge in [-0.15, -0.1) is 0 Å². The van der Waals surface area contributed by atoms with Crippen molar-refractivity contribution in [3.05, 3.63) is 121 Å². The SMILES string of the molecule is CC1(C)c2cc(N)c3ccccc3c2-c2c3ccccc3c(-c3cncc4ccccc34)c3cccc1c23. The lowest BCUT2D eigenvalue weighted by atomic mass is 9.66. The molecule has 0 unspecified atom stereocenters. The van der Waals surface area contributed by atoms with Gasteiger partial charge in [0.2, 0.25) is 0 Å². The van der Waals surface area contributed by atoms with Gasteiger partial charge >= 0.3 is 0 Å². The molecule has 7 aromatic rings. The first kappa shape index (κ1) is 21.4. The molecule has 0 saturated carbocycles. The van der Waals surface area contributed by atoms with Crippen LogP contribution in [0.5, 0.6) is 0 Å². The highest BCUT2D eigenvalue weighted by Crippen LogP contribution is 2.56. The van der Waals surface area contributed by atoms with Crippen molar-refractivity contribution in [3.8, 4) is 22.3 Å². The number of pyridine rings is 1. The van der Waals surface area contributed by atoms with E-state index in [2.05, 4.69) is 116 Å². The largest absolute Gasteiger partial charge is 0.398 e. The van der Waals surface area contributed by atoms with Crippen molar-refractivity contribution < 1.29 is 0 Å². The Hall–Kier alpha value is -4.69. The molecule has 0 radical (unpaired) electrons. The molecule has 180 valence electrons. The summed E-state index contributed by atoms with van der Waals surface area (Å²) >= 11 is 0. The van der Waals surface area contributed by atoms with Crippen LogP contribution in [0, 0.1) is 0 Å². The molecule has 1 aliphatic rings. The van der Waals surface area contributed by atoms with Gasteiger partial charge < -0.3 is 5.73 Å². The van der Waals surface area contributed by atoms with Gasteiger partial charge in [0.1, 0.15) is 0 Å². The first-order valence-electron chi connectivity index (χ1n) is 13.2. The average molecular weight is 487 g/mol. The van der Waals surface area contributed by atoms with Gasteiger partial charge in [0.25, 0.3) is 0 Å². The number of fused-ring (bicyclic) bond motifs is 7. The number of hydrogen-bond donors (Lipinski definition) is 1. The molecule has 2 nitrogen and oxygen atoms in total. The molecule has 1 aromatic heterocycles. The second-order valence-electron chi connectivity index (χ2n) is 11.0. The van der Waals surface area contributed by atoms with Crippen LogP contribution in [0.3, 0.4) is 0 Å². The summed E-state index contributed by atoms with van der Waals surface area (Å²) < 4.78 is 0. The van der Waals surface area contributed by atoms with Crippen LogP contribution in [-0.2, 0) is 5.41 Å². The van der Waals surface area contributed by atoms with Gasteiger partial charge in [-0.3, -0.25) is 4.98 Å². The monoisotopic (exact) mass is 486 g/mol. The Bertz CT molecular complexity index is 2110. The number of nitrogens with zero attached hydrogens (tertiary/aromatic N) is 1. The summed E-state index contributed by atoms with van der Waals surface area (Å²) in [5.74, 6) is 0. The molecule has 2 heteroatoms. The van der Waals surface area contributed by atoms with Crippen molar-refractivity contribution in [2.45, 2.75) is 19.3 Å². The number of rotatable bonds is 1. The Morgan fingerprint density at radius 1 is 0.553 bits per heavy atom. The van der Waals surface area contributed by atoms with Crippen molar-refractivity contribution in [1.82, 2.24) is 4.98 Å². The third kappa shape index (κ3) is 2.64. The molecule has 2 N–H and O–H groups in total. The van der Waals surface area contributed by atoms with Gasteiger partial charge in [-0.1, -0.05) is 105 Å². The van der Waals surface area contributed by atoms with E-state index in [9.17, 15) is 0 Å². The van der Waals surface area contributed by atoms with Crippen LogP contribution >= 0.6 is 0 Å². The van der Waals surface area contributed by atoms with Crippen molar-refractivity contribution in [1.29, 1.82) is 0 Å². The lowest BCUT2D eigenvalue weighted by molar-refractivity contribution is 0.647. The quantitative estimate of drug-likeness (QED) is 0.185. The van der Waals surface area contributed by atoms with Gasteiger partial charge in [0.05, 0.1) is 0 Å². The Kier molecular flexibility index (Phi) is 4.18. The Labute approximate surface area is 221 Å². The molecule has 1 heterocycles. The Balaban J connectivity index is 1.67. The molecule has 0 saturated heterocycles. The summed E-state index contributed by atoms with van der Waals surface area (Å²) in [6.45, 7) is 4.68. The van der Waals surface area contributed by atoms with Crippen molar-refractivity contribution in [3.63, 3.8) is 0 Å². The van der Waals surface area contributed by atoms with Crippen molar-refractivity contribution in [2.75, 3.05) is 5.73 Å². The minimum absolute atomic E-state index is 0.212. The van der Waals surface area contributed by atoms with Gasteiger partial charge in [-0.25, -0.2) is 0 Å². The lowest BCUT2D eigenvalue weighted by Gasteiger charge is -2.37. The highest BCUT2D eigenvalue weighted by molar-refractivity contribution is 6.27. The first-order valence-corrected chi connectivity index (χ1v) is 13.2. The van der Waals surface area contributed by atoms with E-state index in [1.54, 1.807) is 0 Å². The summed E-state index contributed by atoms with van der Waals surface area (Å²) in [5, 5.41) is 9.83. The fraction of sp³-hybridized carbons (Fsp3) is 0.0833. The number of nitrogen functional groups attached to an aromatic ring is 1. The van der Waals surface area contributed by atoms with Crippen molar-refractivity contribution in [2.24, 2.45) is 0 Å². The third-order valence-corrected chi connectivity index (χ3v) is 8.66. The molecule has 8 rings (SSSR count). The van der Waals surface area contributed by atoms with E-state index in [0.717, 1.165) is 16.5 Å². The average Bonchev–Trinajstić information content (AvgIpc) is 2.95. The molecule has 0 bridgehead atoms. The standard InChI is InChI=1S/C36H26N2/c1-36(2)29-17-9-16-27-32(28-20-38-19-21-10-3-4-11-22(21)28)25-14-7-8-15-26(25)35(34(27)29)33-24-13-6-5-12-23(24)31(37)18-30(33)36/h3-20H,37H2,1-2H3. The summed E-state index contributed by atoms with van der Waals surface area (Å²) in [4.78, 5) is 4.68. The Morgan fingerprint density at radius 3 is 1.92 bits per heavy atom. The maximum atomic E-state index is 6.68. The van der Waals surface area contributed by atoms with Crippen LogP contribution < -0.4 is 5.73 Å². The summed E-state index contributed by atoms with van der Waals surface area (Å²) in [5.41, 5.74) is 15.0. The molecule has 0 amide bonds. The molecular formula is C36H26N2. The fourth-order valence-electron chi connectivity index (χ4n) is 6.93. The minimum atomic E-state index is -0.212. The number of benzene rings is 6. The van der Waals surface area contributed by atoms with Crippen LogP contribution in [-0.4, -0.2) is 4.98 Å². The van der Waals surface area contributed by atoms with Gasteiger partial charge in [0, 0.05) is 39.8 Å². The van der Waals surface area contributed by atoms with E-state index < -0.39 is 0 Å². The summed E-state index contributed by atoms with van der Waals surface area (Å²) in [7, 11) is 0.